The van der Waals surface area contributed by atoms with Gasteiger partial charge in [0.15, 0.2) is 0 Å². The van der Waals surface area contributed by atoms with Gasteiger partial charge in [-0.15, -0.1) is 0 Å². The van der Waals surface area contributed by atoms with Crippen molar-refractivity contribution in [3.05, 3.63) is 52.3 Å². The Hall–Kier alpha value is -2.27. The van der Waals surface area contributed by atoms with Crippen molar-refractivity contribution in [2.75, 3.05) is 24.3 Å². The number of hydrogen-bond donors (Lipinski definition) is 2. The van der Waals surface area contributed by atoms with E-state index in [1.54, 1.807) is 31.2 Å². The highest BCUT2D eigenvalue weighted by molar-refractivity contribution is 6.31. The summed E-state index contributed by atoms with van der Waals surface area (Å²) in [5.41, 5.74) is 2.44. The SMILES string of the molecule is COc1cc(Cl)c(C)cc1NC(=O)CNc1ccc(C)cc1F. The second kappa shape index (κ2) is 7.33. The molecule has 23 heavy (non-hydrogen) atoms. The van der Waals surface area contributed by atoms with E-state index in [2.05, 4.69) is 10.6 Å². The van der Waals surface area contributed by atoms with E-state index in [4.69, 9.17) is 16.3 Å². The van der Waals surface area contributed by atoms with Gasteiger partial charge in [0.05, 0.1) is 25.0 Å². The fraction of sp³-hybridized carbons (Fsp3) is 0.235. The van der Waals surface area contributed by atoms with Crippen LogP contribution in [0.25, 0.3) is 0 Å². The van der Waals surface area contributed by atoms with Gasteiger partial charge in [0.1, 0.15) is 11.6 Å². The van der Waals surface area contributed by atoms with Crippen LogP contribution in [0.5, 0.6) is 5.75 Å². The third kappa shape index (κ3) is 4.36. The number of aryl methyl sites for hydroxylation is 2. The first kappa shape index (κ1) is 17.1. The minimum Gasteiger partial charge on any atom is -0.495 e. The van der Waals surface area contributed by atoms with Gasteiger partial charge in [0.2, 0.25) is 5.91 Å². The first-order valence-corrected chi connectivity index (χ1v) is 7.42. The number of amides is 1. The van der Waals surface area contributed by atoms with E-state index in [0.29, 0.717) is 16.5 Å². The van der Waals surface area contributed by atoms with Crippen molar-refractivity contribution in [1.82, 2.24) is 0 Å². The van der Waals surface area contributed by atoms with Crippen LogP contribution in [0.4, 0.5) is 15.8 Å². The average Bonchev–Trinajstić information content (AvgIpc) is 2.49. The smallest absolute Gasteiger partial charge is 0.243 e. The van der Waals surface area contributed by atoms with Crippen molar-refractivity contribution < 1.29 is 13.9 Å². The van der Waals surface area contributed by atoms with Crippen LogP contribution in [0.3, 0.4) is 0 Å². The molecule has 0 saturated carbocycles. The highest BCUT2D eigenvalue weighted by Gasteiger charge is 2.11. The van der Waals surface area contributed by atoms with E-state index >= 15 is 0 Å². The lowest BCUT2D eigenvalue weighted by atomic mass is 10.2. The summed E-state index contributed by atoms with van der Waals surface area (Å²) in [5, 5.41) is 6.05. The third-order valence-electron chi connectivity index (χ3n) is 3.32. The van der Waals surface area contributed by atoms with E-state index in [1.165, 1.54) is 13.2 Å². The zero-order chi connectivity index (χ0) is 17.0. The van der Waals surface area contributed by atoms with E-state index in [-0.39, 0.29) is 18.1 Å². The standard InChI is InChI=1S/C17H18ClFN2O2/c1-10-4-5-14(13(19)6-10)20-9-17(22)21-15-7-11(2)12(18)8-16(15)23-3/h4-8,20H,9H2,1-3H3,(H,21,22). The molecular weight excluding hydrogens is 319 g/mol. The van der Waals surface area contributed by atoms with Crippen LogP contribution in [0.2, 0.25) is 5.02 Å². The van der Waals surface area contributed by atoms with Crippen LogP contribution in [0.1, 0.15) is 11.1 Å². The Bertz CT molecular complexity index is 735. The minimum atomic E-state index is -0.391. The zero-order valence-electron chi connectivity index (χ0n) is 13.2. The topological polar surface area (TPSA) is 50.4 Å². The van der Waals surface area contributed by atoms with Crippen LogP contribution in [-0.4, -0.2) is 19.6 Å². The molecule has 2 rings (SSSR count). The summed E-state index contributed by atoms with van der Waals surface area (Å²) >= 11 is 6.03. The Morgan fingerprint density at radius 2 is 1.96 bits per heavy atom. The molecule has 0 heterocycles. The average molecular weight is 337 g/mol. The van der Waals surface area contributed by atoms with E-state index in [9.17, 15) is 9.18 Å². The van der Waals surface area contributed by atoms with Crippen molar-refractivity contribution in [3.63, 3.8) is 0 Å². The molecule has 0 saturated heterocycles. The number of anilines is 2. The first-order valence-electron chi connectivity index (χ1n) is 7.04. The van der Waals surface area contributed by atoms with Gasteiger partial charge in [-0.25, -0.2) is 4.39 Å². The fourth-order valence-electron chi connectivity index (χ4n) is 2.06. The number of halogens is 2. The Kier molecular flexibility index (Phi) is 5.45. The zero-order valence-corrected chi connectivity index (χ0v) is 13.9. The number of carbonyl (C=O) groups is 1. The molecule has 0 atom stereocenters. The first-order chi connectivity index (χ1) is 10.9. The number of methoxy groups -OCH3 is 1. The molecule has 1 amide bonds. The molecule has 0 aliphatic carbocycles. The molecule has 0 aliphatic heterocycles. The number of nitrogens with one attached hydrogen (secondary N) is 2. The molecule has 2 N–H and O–H groups in total. The fourth-order valence-corrected chi connectivity index (χ4v) is 2.22. The van der Waals surface area contributed by atoms with Gasteiger partial charge in [0, 0.05) is 11.1 Å². The molecule has 0 unspecified atom stereocenters. The van der Waals surface area contributed by atoms with Gasteiger partial charge in [-0.1, -0.05) is 17.7 Å². The van der Waals surface area contributed by atoms with Gasteiger partial charge >= 0.3 is 0 Å². The molecule has 6 heteroatoms. The Morgan fingerprint density at radius 3 is 2.61 bits per heavy atom. The molecule has 0 fully saturated rings. The number of rotatable bonds is 5. The molecule has 2 aromatic rings. The Morgan fingerprint density at radius 1 is 1.22 bits per heavy atom. The van der Waals surface area contributed by atoms with Crippen molar-refractivity contribution in [3.8, 4) is 5.75 Å². The molecule has 122 valence electrons. The van der Waals surface area contributed by atoms with E-state index in [1.807, 2.05) is 6.92 Å². The lowest BCUT2D eigenvalue weighted by molar-refractivity contribution is -0.114. The van der Waals surface area contributed by atoms with Gasteiger partial charge < -0.3 is 15.4 Å². The molecule has 0 aliphatic rings. The molecule has 0 spiro atoms. The van der Waals surface area contributed by atoms with Gasteiger partial charge in [0.25, 0.3) is 0 Å². The quantitative estimate of drug-likeness (QED) is 0.862. The van der Waals surface area contributed by atoms with Gasteiger partial charge in [-0.2, -0.15) is 0 Å². The molecule has 4 nitrogen and oxygen atoms in total. The summed E-state index contributed by atoms with van der Waals surface area (Å²) in [5.74, 6) is -0.238. The number of carbonyl (C=O) groups excluding carboxylic acids is 1. The summed E-state index contributed by atoms with van der Waals surface area (Å²) in [6, 6.07) is 8.15. The van der Waals surface area contributed by atoms with Crippen LogP contribution in [0, 0.1) is 19.7 Å². The summed E-state index contributed by atoms with van der Waals surface area (Å²) in [4.78, 5) is 12.0. The molecule has 2 aromatic carbocycles. The molecular formula is C17H18ClFN2O2. The maximum Gasteiger partial charge on any atom is 0.243 e. The van der Waals surface area contributed by atoms with E-state index in [0.717, 1.165) is 11.1 Å². The van der Waals surface area contributed by atoms with Gasteiger partial charge in [-0.05, 0) is 43.2 Å². The summed E-state index contributed by atoms with van der Waals surface area (Å²) in [6.07, 6.45) is 0. The monoisotopic (exact) mass is 336 g/mol. The largest absolute Gasteiger partial charge is 0.495 e. The predicted octanol–water partition coefficient (Wildman–Crippen LogP) is 4.16. The highest BCUT2D eigenvalue weighted by atomic mass is 35.5. The Balaban J connectivity index is 2.04. The van der Waals surface area contributed by atoms with Gasteiger partial charge in [-0.3, -0.25) is 4.79 Å². The summed E-state index contributed by atoms with van der Waals surface area (Å²) in [6.45, 7) is 3.57. The van der Waals surface area contributed by atoms with Crippen LogP contribution >= 0.6 is 11.6 Å². The summed E-state index contributed by atoms with van der Waals surface area (Å²) < 4.78 is 18.9. The lowest BCUT2D eigenvalue weighted by Gasteiger charge is -2.13. The van der Waals surface area contributed by atoms with Crippen molar-refractivity contribution in [2.45, 2.75) is 13.8 Å². The maximum atomic E-state index is 13.7. The van der Waals surface area contributed by atoms with Crippen molar-refractivity contribution >= 4 is 28.9 Å². The second-order valence-electron chi connectivity index (χ2n) is 5.19. The van der Waals surface area contributed by atoms with Crippen molar-refractivity contribution in [1.29, 1.82) is 0 Å². The molecule has 0 bridgehead atoms. The minimum absolute atomic E-state index is 0.0647. The number of ether oxygens (including phenoxy) is 1. The lowest BCUT2D eigenvalue weighted by Crippen LogP contribution is -2.22. The number of benzene rings is 2. The third-order valence-corrected chi connectivity index (χ3v) is 3.73. The number of hydrogen-bond acceptors (Lipinski definition) is 3. The highest BCUT2D eigenvalue weighted by Crippen LogP contribution is 2.30. The second-order valence-corrected chi connectivity index (χ2v) is 5.59. The summed E-state index contributed by atoms with van der Waals surface area (Å²) in [7, 11) is 1.50. The normalized spacial score (nSPS) is 10.3. The predicted molar refractivity (Wildman–Crippen MR) is 91.0 cm³/mol. The van der Waals surface area contributed by atoms with Crippen molar-refractivity contribution in [2.24, 2.45) is 0 Å². The Labute approximate surface area is 139 Å². The van der Waals surface area contributed by atoms with Crippen LogP contribution in [-0.2, 0) is 4.79 Å². The van der Waals surface area contributed by atoms with Crippen LogP contribution in [0.15, 0.2) is 30.3 Å². The van der Waals surface area contributed by atoms with Crippen LogP contribution < -0.4 is 15.4 Å². The van der Waals surface area contributed by atoms with E-state index < -0.39 is 5.82 Å². The maximum absolute atomic E-state index is 13.7. The molecule has 0 aromatic heterocycles. The molecule has 0 radical (unpaired) electrons.